The summed E-state index contributed by atoms with van der Waals surface area (Å²) in [6.07, 6.45) is 2.38. The summed E-state index contributed by atoms with van der Waals surface area (Å²) in [5.41, 5.74) is 3.21. The SMILES string of the molecule is CCc1c(C(=O)NCCN(C)C)cnc2cc(C(C)(C)C)nn12. The molecular weight excluding hydrogens is 290 g/mol. The molecule has 0 fully saturated rings. The van der Waals surface area contributed by atoms with Crippen LogP contribution in [-0.2, 0) is 11.8 Å². The maximum absolute atomic E-state index is 12.4. The largest absolute Gasteiger partial charge is 0.351 e. The van der Waals surface area contributed by atoms with Crippen LogP contribution in [0.4, 0.5) is 0 Å². The Kier molecular flexibility index (Phi) is 5.04. The molecule has 0 aliphatic rings. The van der Waals surface area contributed by atoms with Crippen molar-refractivity contribution in [3.05, 3.63) is 29.2 Å². The van der Waals surface area contributed by atoms with E-state index in [2.05, 4.69) is 36.2 Å². The lowest BCUT2D eigenvalue weighted by molar-refractivity contribution is 0.0949. The molecule has 0 spiro atoms. The fraction of sp³-hybridized carbons (Fsp3) is 0.588. The number of likely N-dealkylation sites (N-methyl/N-ethyl adjacent to an activating group) is 1. The molecule has 2 aromatic heterocycles. The van der Waals surface area contributed by atoms with Gasteiger partial charge in [-0.25, -0.2) is 9.50 Å². The average Bonchev–Trinajstić information content (AvgIpc) is 2.89. The smallest absolute Gasteiger partial charge is 0.254 e. The molecule has 0 aliphatic carbocycles. The summed E-state index contributed by atoms with van der Waals surface area (Å²) < 4.78 is 1.81. The van der Waals surface area contributed by atoms with Gasteiger partial charge in [0, 0.05) is 30.8 Å². The zero-order valence-corrected chi connectivity index (χ0v) is 15.0. The number of aromatic nitrogens is 3. The van der Waals surface area contributed by atoms with Crippen LogP contribution in [0.2, 0.25) is 0 Å². The number of carbonyl (C=O) groups is 1. The predicted molar refractivity (Wildman–Crippen MR) is 92.0 cm³/mol. The van der Waals surface area contributed by atoms with Crippen molar-refractivity contribution in [2.45, 2.75) is 39.5 Å². The van der Waals surface area contributed by atoms with Crippen LogP contribution in [0.25, 0.3) is 5.65 Å². The van der Waals surface area contributed by atoms with Crippen molar-refractivity contribution < 1.29 is 4.79 Å². The highest BCUT2D eigenvalue weighted by Gasteiger charge is 2.21. The topological polar surface area (TPSA) is 62.5 Å². The molecule has 1 N–H and O–H groups in total. The molecule has 126 valence electrons. The van der Waals surface area contributed by atoms with Gasteiger partial charge in [-0.1, -0.05) is 27.7 Å². The Bertz CT molecular complexity index is 697. The van der Waals surface area contributed by atoms with Crippen molar-refractivity contribution in [2.24, 2.45) is 0 Å². The Balaban J connectivity index is 2.35. The molecule has 6 heteroatoms. The van der Waals surface area contributed by atoms with Gasteiger partial charge in [0.1, 0.15) is 0 Å². The van der Waals surface area contributed by atoms with Crippen LogP contribution in [-0.4, -0.2) is 52.6 Å². The van der Waals surface area contributed by atoms with Gasteiger partial charge in [-0.3, -0.25) is 4.79 Å². The summed E-state index contributed by atoms with van der Waals surface area (Å²) in [5.74, 6) is -0.0918. The Morgan fingerprint density at radius 3 is 2.61 bits per heavy atom. The van der Waals surface area contributed by atoms with Gasteiger partial charge in [0.2, 0.25) is 0 Å². The molecule has 0 atom stereocenters. The van der Waals surface area contributed by atoms with Crippen molar-refractivity contribution in [3.8, 4) is 0 Å². The highest BCUT2D eigenvalue weighted by Crippen LogP contribution is 2.23. The van der Waals surface area contributed by atoms with Gasteiger partial charge >= 0.3 is 0 Å². The normalized spacial score (nSPS) is 12.1. The molecule has 0 radical (unpaired) electrons. The van der Waals surface area contributed by atoms with Crippen LogP contribution in [0.3, 0.4) is 0 Å². The number of nitrogens with zero attached hydrogens (tertiary/aromatic N) is 4. The molecule has 1 amide bonds. The fourth-order valence-electron chi connectivity index (χ4n) is 2.37. The van der Waals surface area contributed by atoms with E-state index in [1.165, 1.54) is 0 Å². The second kappa shape index (κ2) is 6.66. The monoisotopic (exact) mass is 317 g/mol. The first-order valence-corrected chi connectivity index (χ1v) is 8.05. The second-order valence-corrected chi connectivity index (χ2v) is 7.08. The van der Waals surface area contributed by atoms with Crippen LogP contribution < -0.4 is 5.32 Å². The molecule has 2 heterocycles. The van der Waals surface area contributed by atoms with E-state index in [1.807, 2.05) is 32.0 Å². The molecule has 6 nitrogen and oxygen atoms in total. The number of nitrogens with one attached hydrogen (secondary N) is 1. The van der Waals surface area contributed by atoms with Gasteiger partial charge < -0.3 is 10.2 Å². The van der Waals surface area contributed by atoms with E-state index < -0.39 is 0 Å². The van der Waals surface area contributed by atoms with E-state index in [1.54, 1.807) is 10.7 Å². The highest BCUT2D eigenvalue weighted by molar-refractivity contribution is 5.95. The molecule has 2 rings (SSSR count). The third-order valence-electron chi connectivity index (χ3n) is 3.78. The van der Waals surface area contributed by atoms with Gasteiger partial charge in [-0.05, 0) is 20.5 Å². The van der Waals surface area contributed by atoms with Crippen LogP contribution >= 0.6 is 0 Å². The van der Waals surface area contributed by atoms with E-state index in [9.17, 15) is 4.79 Å². The molecular formula is C17H27N5O. The molecule has 23 heavy (non-hydrogen) atoms. The highest BCUT2D eigenvalue weighted by atomic mass is 16.1. The summed E-state index contributed by atoms with van der Waals surface area (Å²) in [6, 6.07) is 1.99. The van der Waals surface area contributed by atoms with Gasteiger partial charge in [0.05, 0.1) is 17.0 Å². The number of carbonyl (C=O) groups excluding carboxylic acids is 1. The van der Waals surface area contributed by atoms with Crippen molar-refractivity contribution in [1.29, 1.82) is 0 Å². The third kappa shape index (κ3) is 3.88. The number of hydrogen-bond donors (Lipinski definition) is 1. The average molecular weight is 317 g/mol. The third-order valence-corrected chi connectivity index (χ3v) is 3.78. The first-order chi connectivity index (χ1) is 10.7. The van der Waals surface area contributed by atoms with Crippen LogP contribution in [0.1, 0.15) is 49.4 Å². The quantitative estimate of drug-likeness (QED) is 0.914. The second-order valence-electron chi connectivity index (χ2n) is 7.08. The number of aryl methyl sites for hydroxylation is 1. The van der Waals surface area contributed by atoms with Gasteiger partial charge in [-0.2, -0.15) is 5.10 Å². The number of fused-ring (bicyclic) bond motifs is 1. The van der Waals surface area contributed by atoms with Gasteiger partial charge in [-0.15, -0.1) is 0 Å². The molecule has 0 saturated heterocycles. The standard InChI is InChI=1S/C17H27N5O/c1-7-13-12(16(23)18-8-9-21(5)6)11-19-15-10-14(17(2,3)4)20-22(13)15/h10-11H,7-9H2,1-6H3,(H,18,23). The van der Waals surface area contributed by atoms with Crippen LogP contribution in [0.5, 0.6) is 0 Å². The zero-order valence-electron chi connectivity index (χ0n) is 15.0. The summed E-state index contributed by atoms with van der Waals surface area (Å²) in [7, 11) is 3.96. The van der Waals surface area contributed by atoms with Crippen LogP contribution in [0.15, 0.2) is 12.3 Å². The lowest BCUT2D eigenvalue weighted by Gasteiger charge is -2.14. The van der Waals surface area contributed by atoms with E-state index in [0.717, 1.165) is 30.0 Å². The van der Waals surface area contributed by atoms with Gasteiger partial charge in [0.15, 0.2) is 5.65 Å². The van der Waals surface area contributed by atoms with Crippen molar-refractivity contribution in [3.63, 3.8) is 0 Å². The van der Waals surface area contributed by atoms with Crippen LogP contribution in [0, 0.1) is 0 Å². The lowest BCUT2D eigenvalue weighted by Crippen LogP contribution is -2.32. The predicted octanol–water partition coefficient (Wildman–Crippen LogP) is 1.88. The summed E-state index contributed by atoms with van der Waals surface area (Å²) in [4.78, 5) is 18.9. The Hall–Kier alpha value is -1.95. The Morgan fingerprint density at radius 2 is 2.04 bits per heavy atom. The minimum absolute atomic E-state index is 0.0488. The molecule has 0 saturated carbocycles. The van der Waals surface area contributed by atoms with E-state index >= 15 is 0 Å². The molecule has 0 bridgehead atoms. The first-order valence-electron chi connectivity index (χ1n) is 8.05. The minimum atomic E-state index is -0.0918. The van der Waals surface area contributed by atoms with E-state index in [-0.39, 0.29) is 11.3 Å². The number of rotatable bonds is 5. The fourth-order valence-corrected chi connectivity index (χ4v) is 2.37. The van der Waals surface area contributed by atoms with Crippen molar-refractivity contribution in [2.75, 3.05) is 27.2 Å². The maximum atomic E-state index is 12.4. The first kappa shape index (κ1) is 17.4. The number of hydrogen-bond acceptors (Lipinski definition) is 4. The molecule has 0 aromatic carbocycles. The van der Waals surface area contributed by atoms with E-state index in [4.69, 9.17) is 0 Å². The summed E-state index contributed by atoms with van der Waals surface area (Å²) in [6.45, 7) is 9.81. The molecule has 0 unspecified atom stereocenters. The summed E-state index contributed by atoms with van der Waals surface area (Å²) in [5, 5.41) is 7.62. The van der Waals surface area contributed by atoms with Crippen molar-refractivity contribution in [1.82, 2.24) is 24.8 Å². The molecule has 2 aromatic rings. The zero-order chi connectivity index (χ0) is 17.2. The Morgan fingerprint density at radius 1 is 1.35 bits per heavy atom. The minimum Gasteiger partial charge on any atom is -0.351 e. The number of amides is 1. The van der Waals surface area contributed by atoms with E-state index in [0.29, 0.717) is 12.1 Å². The Labute approximate surface area is 137 Å². The van der Waals surface area contributed by atoms with Gasteiger partial charge in [0.25, 0.3) is 5.91 Å². The maximum Gasteiger partial charge on any atom is 0.254 e. The molecule has 0 aliphatic heterocycles. The lowest BCUT2D eigenvalue weighted by atomic mass is 9.93. The summed E-state index contributed by atoms with van der Waals surface area (Å²) >= 11 is 0. The van der Waals surface area contributed by atoms with Crippen molar-refractivity contribution >= 4 is 11.6 Å².